The van der Waals surface area contributed by atoms with Crippen LogP contribution in [0, 0.1) is 5.92 Å². The molecule has 2 atom stereocenters. The first-order chi connectivity index (χ1) is 9.27. The third-order valence-corrected chi connectivity index (χ3v) is 5.62. The second-order valence-corrected chi connectivity index (χ2v) is 6.85. The molecule has 2 unspecified atom stereocenters. The van der Waals surface area contributed by atoms with Gasteiger partial charge in [-0.15, -0.1) is 0 Å². The summed E-state index contributed by atoms with van der Waals surface area (Å²) in [4.78, 5) is 2.79. The lowest BCUT2D eigenvalue weighted by Gasteiger charge is -2.48. The maximum atomic E-state index is 3.61. The van der Waals surface area contributed by atoms with Crippen molar-refractivity contribution >= 4 is 0 Å². The molecule has 1 saturated carbocycles. The van der Waals surface area contributed by atoms with Crippen molar-refractivity contribution < 1.29 is 0 Å². The van der Waals surface area contributed by atoms with Crippen LogP contribution in [0.4, 0.5) is 0 Å². The summed E-state index contributed by atoms with van der Waals surface area (Å²) in [6, 6.07) is 9.00. The zero-order valence-corrected chi connectivity index (χ0v) is 11.9. The summed E-state index contributed by atoms with van der Waals surface area (Å²) in [7, 11) is 0. The maximum absolute atomic E-state index is 3.61. The quantitative estimate of drug-likeness (QED) is 0.893. The number of nitrogens with one attached hydrogen (secondary N) is 1. The average molecular weight is 256 g/mol. The smallest absolute Gasteiger partial charge is 0.0334 e. The van der Waals surface area contributed by atoms with Gasteiger partial charge in [0, 0.05) is 37.6 Å². The van der Waals surface area contributed by atoms with E-state index in [1.54, 1.807) is 11.1 Å². The summed E-state index contributed by atoms with van der Waals surface area (Å²) in [6.45, 7) is 7.33. The highest BCUT2D eigenvalue weighted by Crippen LogP contribution is 2.45. The van der Waals surface area contributed by atoms with Crippen molar-refractivity contribution in [3.8, 4) is 0 Å². The Bertz CT molecular complexity index is 480. The van der Waals surface area contributed by atoms with Crippen LogP contribution in [0.3, 0.4) is 0 Å². The van der Waals surface area contributed by atoms with Gasteiger partial charge in [-0.2, -0.15) is 0 Å². The SMILES string of the molecule is CC1(C2CC2)CNCCN1CC1Cc2ccccc21. The Morgan fingerprint density at radius 3 is 2.95 bits per heavy atom. The molecular weight excluding hydrogens is 232 g/mol. The monoisotopic (exact) mass is 256 g/mol. The van der Waals surface area contributed by atoms with Gasteiger partial charge in [-0.25, -0.2) is 0 Å². The van der Waals surface area contributed by atoms with E-state index >= 15 is 0 Å². The fraction of sp³-hybridized carbons (Fsp3) is 0.647. The summed E-state index contributed by atoms with van der Waals surface area (Å²) in [6.07, 6.45) is 4.17. The zero-order chi connectivity index (χ0) is 12.9. The fourth-order valence-corrected chi connectivity index (χ4v) is 4.12. The second kappa shape index (κ2) is 4.32. The van der Waals surface area contributed by atoms with Crippen LogP contribution in [0.25, 0.3) is 0 Å². The highest BCUT2D eigenvalue weighted by Gasteiger charge is 2.47. The molecule has 1 aromatic rings. The van der Waals surface area contributed by atoms with E-state index < -0.39 is 0 Å². The summed E-state index contributed by atoms with van der Waals surface area (Å²) in [5, 5.41) is 3.61. The largest absolute Gasteiger partial charge is 0.314 e. The summed E-state index contributed by atoms with van der Waals surface area (Å²) in [5.74, 6) is 1.72. The van der Waals surface area contributed by atoms with E-state index in [1.165, 1.54) is 38.9 Å². The van der Waals surface area contributed by atoms with Gasteiger partial charge in [0.25, 0.3) is 0 Å². The molecule has 1 aliphatic heterocycles. The third-order valence-electron chi connectivity index (χ3n) is 5.62. The molecule has 0 radical (unpaired) electrons. The Balaban J connectivity index is 1.50. The molecule has 19 heavy (non-hydrogen) atoms. The Hall–Kier alpha value is -0.860. The Kier molecular flexibility index (Phi) is 2.71. The first-order valence-electron chi connectivity index (χ1n) is 7.81. The number of piperazine rings is 1. The van der Waals surface area contributed by atoms with Crippen molar-refractivity contribution in [2.24, 2.45) is 5.92 Å². The van der Waals surface area contributed by atoms with Crippen LogP contribution in [0.15, 0.2) is 24.3 Å². The van der Waals surface area contributed by atoms with Crippen LogP contribution in [0.1, 0.15) is 36.8 Å². The molecule has 3 aliphatic rings. The van der Waals surface area contributed by atoms with Crippen molar-refractivity contribution in [3.05, 3.63) is 35.4 Å². The van der Waals surface area contributed by atoms with Gasteiger partial charge in [0.2, 0.25) is 0 Å². The van der Waals surface area contributed by atoms with E-state index in [-0.39, 0.29) is 0 Å². The Morgan fingerprint density at radius 1 is 1.32 bits per heavy atom. The van der Waals surface area contributed by atoms with Crippen molar-refractivity contribution in [2.45, 2.75) is 37.6 Å². The third kappa shape index (κ3) is 1.93. The van der Waals surface area contributed by atoms with Gasteiger partial charge in [-0.05, 0) is 43.2 Å². The number of rotatable bonds is 3. The van der Waals surface area contributed by atoms with E-state index in [4.69, 9.17) is 0 Å². The molecule has 102 valence electrons. The highest BCUT2D eigenvalue weighted by atomic mass is 15.3. The van der Waals surface area contributed by atoms with Crippen molar-refractivity contribution in [2.75, 3.05) is 26.2 Å². The van der Waals surface area contributed by atoms with Crippen molar-refractivity contribution in [1.29, 1.82) is 0 Å². The molecule has 1 N–H and O–H groups in total. The Morgan fingerprint density at radius 2 is 2.16 bits per heavy atom. The molecule has 4 rings (SSSR count). The molecule has 1 saturated heterocycles. The zero-order valence-electron chi connectivity index (χ0n) is 11.9. The molecule has 2 nitrogen and oxygen atoms in total. The normalized spacial score (nSPS) is 34.7. The van der Waals surface area contributed by atoms with Crippen LogP contribution in [0.2, 0.25) is 0 Å². The topological polar surface area (TPSA) is 15.3 Å². The van der Waals surface area contributed by atoms with E-state index in [0.717, 1.165) is 18.4 Å². The standard InChI is InChI=1S/C17H24N2/c1-17(15-6-7-15)12-18-8-9-19(17)11-14-10-13-4-2-3-5-16(13)14/h2-5,14-15,18H,6-12H2,1H3. The maximum Gasteiger partial charge on any atom is 0.0334 e. The summed E-state index contributed by atoms with van der Waals surface area (Å²) >= 11 is 0. The van der Waals surface area contributed by atoms with E-state index in [9.17, 15) is 0 Å². The van der Waals surface area contributed by atoms with Crippen molar-refractivity contribution in [3.63, 3.8) is 0 Å². The summed E-state index contributed by atoms with van der Waals surface area (Å²) < 4.78 is 0. The summed E-state index contributed by atoms with van der Waals surface area (Å²) in [5.41, 5.74) is 3.61. The average Bonchev–Trinajstić information content (AvgIpc) is 3.22. The molecule has 0 bridgehead atoms. The molecule has 0 amide bonds. The fourth-order valence-electron chi connectivity index (χ4n) is 4.12. The first-order valence-corrected chi connectivity index (χ1v) is 7.81. The lowest BCUT2D eigenvalue weighted by Crippen LogP contribution is -2.62. The van der Waals surface area contributed by atoms with E-state index in [2.05, 4.69) is 41.4 Å². The number of hydrogen-bond donors (Lipinski definition) is 1. The van der Waals surface area contributed by atoms with Crippen LogP contribution >= 0.6 is 0 Å². The van der Waals surface area contributed by atoms with E-state index in [1.807, 2.05) is 0 Å². The van der Waals surface area contributed by atoms with Crippen LogP contribution in [-0.4, -0.2) is 36.6 Å². The van der Waals surface area contributed by atoms with Gasteiger partial charge in [0.15, 0.2) is 0 Å². The molecule has 0 aromatic heterocycles. The number of benzene rings is 1. The number of fused-ring (bicyclic) bond motifs is 1. The molecule has 1 heterocycles. The number of hydrogen-bond acceptors (Lipinski definition) is 2. The molecule has 0 spiro atoms. The second-order valence-electron chi connectivity index (χ2n) is 6.85. The van der Waals surface area contributed by atoms with Gasteiger partial charge in [-0.1, -0.05) is 24.3 Å². The van der Waals surface area contributed by atoms with Gasteiger partial charge in [0.1, 0.15) is 0 Å². The van der Waals surface area contributed by atoms with Gasteiger partial charge in [0.05, 0.1) is 0 Å². The molecule has 2 aliphatic carbocycles. The van der Waals surface area contributed by atoms with Gasteiger partial charge in [-0.3, -0.25) is 4.90 Å². The molecule has 1 aromatic carbocycles. The van der Waals surface area contributed by atoms with Crippen LogP contribution < -0.4 is 5.32 Å². The highest BCUT2D eigenvalue weighted by molar-refractivity contribution is 5.40. The van der Waals surface area contributed by atoms with Gasteiger partial charge >= 0.3 is 0 Å². The van der Waals surface area contributed by atoms with Crippen LogP contribution in [-0.2, 0) is 6.42 Å². The predicted molar refractivity (Wildman–Crippen MR) is 78.5 cm³/mol. The van der Waals surface area contributed by atoms with Gasteiger partial charge < -0.3 is 5.32 Å². The molecule has 2 heteroatoms. The Labute approximate surface area is 116 Å². The van der Waals surface area contributed by atoms with Crippen molar-refractivity contribution in [1.82, 2.24) is 10.2 Å². The lowest BCUT2D eigenvalue weighted by molar-refractivity contribution is 0.0477. The van der Waals surface area contributed by atoms with E-state index in [0.29, 0.717) is 5.54 Å². The minimum atomic E-state index is 0.419. The first kappa shape index (κ1) is 11.9. The minimum absolute atomic E-state index is 0.419. The van der Waals surface area contributed by atoms with Crippen LogP contribution in [0.5, 0.6) is 0 Å². The number of nitrogens with zero attached hydrogens (tertiary/aromatic N) is 1. The molecular formula is C17H24N2. The molecule has 2 fully saturated rings. The lowest BCUT2D eigenvalue weighted by atomic mass is 9.76. The predicted octanol–water partition coefficient (Wildman–Crippen LogP) is 2.40. The minimum Gasteiger partial charge on any atom is -0.314 e.